The predicted octanol–water partition coefficient (Wildman–Crippen LogP) is 1.97. The molecule has 2 aliphatic rings. The van der Waals surface area contributed by atoms with Crippen LogP contribution in [0.1, 0.15) is 58.3 Å². The minimum Gasteiger partial charge on any atom is -0.378 e. The Morgan fingerprint density at radius 3 is 2.89 bits per heavy atom. The van der Waals surface area contributed by atoms with Gasteiger partial charge >= 0.3 is 0 Å². The lowest BCUT2D eigenvalue weighted by molar-refractivity contribution is -0.128. The van der Waals surface area contributed by atoms with Crippen molar-refractivity contribution in [3.05, 3.63) is 0 Å². The summed E-state index contributed by atoms with van der Waals surface area (Å²) in [5.41, 5.74) is 5.64. The minimum atomic E-state index is -0.634. The third kappa shape index (κ3) is 4.18. The van der Waals surface area contributed by atoms with Gasteiger partial charge in [-0.1, -0.05) is 19.8 Å². The summed E-state index contributed by atoms with van der Waals surface area (Å²) in [4.78, 5) is 12.2. The first-order chi connectivity index (χ1) is 9.10. The third-order valence-electron chi connectivity index (χ3n) is 4.51. The minimum absolute atomic E-state index is 0.0369. The number of rotatable bonds is 4. The van der Waals surface area contributed by atoms with Crippen LogP contribution < -0.4 is 11.1 Å². The zero-order chi connectivity index (χ0) is 13.7. The molecule has 110 valence electrons. The van der Waals surface area contributed by atoms with Gasteiger partial charge in [0.05, 0.1) is 11.6 Å². The van der Waals surface area contributed by atoms with Crippen molar-refractivity contribution in [2.45, 2.75) is 69.9 Å². The molecule has 4 nitrogen and oxygen atoms in total. The van der Waals surface area contributed by atoms with Crippen molar-refractivity contribution < 1.29 is 9.53 Å². The molecule has 1 aliphatic heterocycles. The van der Waals surface area contributed by atoms with Gasteiger partial charge in [-0.05, 0) is 44.4 Å². The van der Waals surface area contributed by atoms with Gasteiger partial charge in [0.15, 0.2) is 0 Å². The molecule has 1 saturated carbocycles. The van der Waals surface area contributed by atoms with E-state index in [9.17, 15) is 4.79 Å². The molecule has 1 heterocycles. The first kappa shape index (κ1) is 14.8. The molecule has 0 aromatic rings. The lowest BCUT2D eigenvalue weighted by atomic mass is 9.76. The molecule has 0 aromatic carbocycles. The van der Waals surface area contributed by atoms with E-state index in [4.69, 9.17) is 10.5 Å². The quantitative estimate of drug-likeness (QED) is 0.819. The molecule has 2 rings (SSSR count). The highest BCUT2D eigenvalue weighted by Crippen LogP contribution is 2.30. The highest BCUT2D eigenvalue weighted by Gasteiger charge is 2.37. The number of hydrogen-bond acceptors (Lipinski definition) is 3. The van der Waals surface area contributed by atoms with Crippen molar-refractivity contribution in [3.63, 3.8) is 0 Å². The Balaban J connectivity index is 1.71. The van der Waals surface area contributed by atoms with Gasteiger partial charge in [0.1, 0.15) is 0 Å². The molecule has 2 fully saturated rings. The van der Waals surface area contributed by atoms with Gasteiger partial charge in [-0.2, -0.15) is 0 Å². The lowest BCUT2D eigenvalue weighted by Gasteiger charge is -2.35. The molecule has 1 amide bonds. The lowest BCUT2D eigenvalue weighted by Crippen LogP contribution is -2.56. The summed E-state index contributed by atoms with van der Waals surface area (Å²) in [5, 5.41) is 3.02. The molecule has 0 radical (unpaired) electrons. The molecule has 19 heavy (non-hydrogen) atoms. The monoisotopic (exact) mass is 268 g/mol. The van der Waals surface area contributed by atoms with Crippen LogP contribution in [0.15, 0.2) is 0 Å². The number of ether oxygens (including phenoxy) is 1. The van der Waals surface area contributed by atoms with E-state index in [0.717, 1.165) is 38.7 Å². The van der Waals surface area contributed by atoms with E-state index in [1.54, 1.807) is 0 Å². The van der Waals surface area contributed by atoms with Gasteiger partial charge in [-0.15, -0.1) is 0 Å². The highest BCUT2D eigenvalue weighted by molar-refractivity contribution is 5.86. The number of carbonyl (C=O) groups is 1. The second-order valence-corrected chi connectivity index (χ2v) is 6.39. The van der Waals surface area contributed by atoms with Crippen LogP contribution in [-0.2, 0) is 9.53 Å². The Morgan fingerprint density at radius 2 is 2.21 bits per heavy atom. The summed E-state index contributed by atoms with van der Waals surface area (Å²) in [5.74, 6) is 0.598. The topological polar surface area (TPSA) is 64.4 Å². The summed E-state index contributed by atoms with van der Waals surface area (Å²) < 4.78 is 5.66. The van der Waals surface area contributed by atoms with Crippen LogP contribution in [0, 0.1) is 5.92 Å². The maximum atomic E-state index is 12.2. The summed E-state index contributed by atoms with van der Waals surface area (Å²) in [7, 11) is 0. The number of nitrogens with two attached hydrogens (primary N) is 1. The molecule has 1 saturated heterocycles. The SMILES string of the molecule is CC1CCCC(N)(C(=O)NCCC2CCCCO2)C1. The van der Waals surface area contributed by atoms with Crippen LogP contribution in [0.25, 0.3) is 0 Å². The summed E-state index contributed by atoms with van der Waals surface area (Å²) in [6, 6.07) is 0. The molecular weight excluding hydrogens is 240 g/mol. The van der Waals surface area contributed by atoms with Crippen LogP contribution in [-0.4, -0.2) is 30.7 Å². The van der Waals surface area contributed by atoms with E-state index >= 15 is 0 Å². The standard InChI is InChI=1S/C15H28N2O2/c1-12-5-4-8-15(16,11-12)14(18)17-9-7-13-6-2-3-10-19-13/h12-13H,2-11,16H2,1H3,(H,17,18). The van der Waals surface area contributed by atoms with E-state index in [2.05, 4.69) is 12.2 Å². The average Bonchev–Trinajstić information content (AvgIpc) is 2.39. The fourth-order valence-corrected chi connectivity index (χ4v) is 3.36. The molecule has 3 atom stereocenters. The second kappa shape index (κ2) is 6.71. The average molecular weight is 268 g/mol. The number of carbonyl (C=O) groups excluding carboxylic acids is 1. The number of nitrogens with one attached hydrogen (secondary N) is 1. The Labute approximate surface area is 116 Å². The third-order valence-corrected chi connectivity index (χ3v) is 4.51. The van der Waals surface area contributed by atoms with E-state index in [1.807, 2.05) is 0 Å². The molecule has 4 heteroatoms. The highest BCUT2D eigenvalue weighted by atomic mass is 16.5. The fraction of sp³-hybridized carbons (Fsp3) is 0.933. The van der Waals surface area contributed by atoms with Crippen molar-refractivity contribution in [2.75, 3.05) is 13.2 Å². The van der Waals surface area contributed by atoms with Gasteiger partial charge in [-0.25, -0.2) is 0 Å². The molecule has 0 aromatic heterocycles. The zero-order valence-corrected chi connectivity index (χ0v) is 12.1. The predicted molar refractivity (Wildman–Crippen MR) is 75.8 cm³/mol. The Morgan fingerprint density at radius 1 is 1.37 bits per heavy atom. The summed E-state index contributed by atoms with van der Waals surface area (Å²) in [6.45, 7) is 3.75. The van der Waals surface area contributed by atoms with E-state index in [0.29, 0.717) is 18.6 Å². The van der Waals surface area contributed by atoms with Crippen LogP contribution in [0.2, 0.25) is 0 Å². The molecule has 0 spiro atoms. The number of hydrogen-bond donors (Lipinski definition) is 2. The zero-order valence-electron chi connectivity index (χ0n) is 12.1. The summed E-state index contributed by atoms with van der Waals surface area (Å²) in [6.07, 6.45) is 8.69. The molecular formula is C15H28N2O2. The van der Waals surface area contributed by atoms with Gasteiger partial charge in [0, 0.05) is 13.2 Å². The van der Waals surface area contributed by atoms with Gasteiger partial charge in [0.25, 0.3) is 0 Å². The van der Waals surface area contributed by atoms with Gasteiger partial charge in [-0.3, -0.25) is 4.79 Å². The Kier molecular flexibility index (Phi) is 5.22. The smallest absolute Gasteiger partial charge is 0.240 e. The molecule has 3 N–H and O–H groups in total. The van der Waals surface area contributed by atoms with Crippen molar-refractivity contribution in [1.29, 1.82) is 0 Å². The van der Waals surface area contributed by atoms with Crippen molar-refractivity contribution in [1.82, 2.24) is 5.32 Å². The van der Waals surface area contributed by atoms with Crippen LogP contribution in [0.3, 0.4) is 0 Å². The normalized spacial score (nSPS) is 35.9. The molecule has 3 unspecified atom stereocenters. The largest absolute Gasteiger partial charge is 0.378 e. The molecule has 1 aliphatic carbocycles. The fourth-order valence-electron chi connectivity index (χ4n) is 3.36. The first-order valence-electron chi connectivity index (χ1n) is 7.79. The summed E-state index contributed by atoms with van der Waals surface area (Å²) >= 11 is 0. The Hall–Kier alpha value is -0.610. The first-order valence-corrected chi connectivity index (χ1v) is 7.79. The van der Waals surface area contributed by atoms with Crippen molar-refractivity contribution >= 4 is 5.91 Å². The maximum Gasteiger partial charge on any atom is 0.240 e. The van der Waals surface area contributed by atoms with Gasteiger partial charge < -0.3 is 15.8 Å². The van der Waals surface area contributed by atoms with E-state index in [-0.39, 0.29) is 5.91 Å². The van der Waals surface area contributed by atoms with Crippen molar-refractivity contribution in [3.8, 4) is 0 Å². The van der Waals surface area contributed by atoms with Crippen LogP contribution in [0.4, 0.5) is 0 Å². The Bertz CT molecular complexity index is 303. The maximum absolute atomic E-state index is 12.2. The molecule has 0 bridgehead atoms. The van der Waals surface area contributed by atoms with Gasteiger partial charge in [0.2, 0.25) is 5.91 Å². The van der Waals surface area contributed by atoms with E-state index in [1.165, 1.54) is 19.3 Å². The van der Waals surface area contributed by atoms with E-state index < -0.39 is 5.54 Å². The van der Waals surface area contributed by atoms with Crippen molar-refractivity contribution in [2.24, 2.45) is 11.7 Å². The number of amides is 1. The van der Waals surface area contributed by atoms with Crippen LogP contribution in [0.5, 0.6) is 0 Å². The second-order valence-electron chi connectivity index (χ2n) is 6.39. The van der Waals surface area contributed by atoms with Crippen LogP contribution >= 0.6 is 0 Å².